The van der Waals surface area contributed by atoms with Gasteiger partial charge < -0.3 is 23.9 Å². The first kappa shape index (κ1) is 14.6. The molecular weight excluding hydrogens is 286 g/mol. The van der Waals surface area contributed by atoms with Crippen molar-refractivity contribution < 1.29 is 37.6 Å². The predicted molar refractivity (Wildman–Crippen MR) is 60.1 cm³/mol. The average Bonchev–Trinajstić information content (AvgIpc) is 2.70. The fraction of sp³-hybridized carbons (Fsp3) is 1.00. The molecule has 1 saturated carbocycles. The highest BCUT2D eigenvalue weighted by molar-refractivity contribution is 7.51. The first-order valence-electron chi connectivity index (χ1n) is 5.46. The molecule has 10 heteroatoms. The largest absolute Gasteiger partial charge is 0.469 e. The van der Waals surface area contributed by atoms with Crippen molar-refractivity contribution in [3.05, 3.63) is 0 Å². The van der Waals surface area contributed by atoms with Crippen molar-refractivity contribution in [2.24, 2.45) is 0 Å². The third-order valence-electron chi connectivity index (χ3n) is 2.97. The molecule has 1 aliphatic heterocycles. The zero-order chi connectivity index (χ0) is 13.6. The Balaban J connectivity index is 1.93. The summed E-state index contributed by atoms with van der Waals surface area (Å²) >= 11 is 0. The van der Waals surface area contributed by atoms with Gasteiger partial charge in [0.05, 0.1) is 6.10 Å². The molecule has 2 fully saturated rings. The molecule has 106 valence electrons. The Morgan fingerprint density at radius 2 is 1.89 bits per heavy atom. The lowest BCUT2D eigenvalue weighted by Gasteiger charge is -2.30. The Bertz CT molecular complexity index is 413. The summed E-state index contributed by atoms with van der Waals surface area (Å²) < 4.78 is 36.9. The van der Waals surface area contributed by atoms with Crippen molar-refractivity contribution in [3.8, 4) is 0 Å². The Morgan fingerprint density at radius 3 is 2.44 bits per heavy atom. The molecule has 1 spiro atoms. The van der Waals surface area contributed by atoms with E-state index in [0.29, 0.717) is 25.9 Å². The minimum atomic E-state index is -4.54. The first-order valence-corrected chi connectivity index (χ1v) is 9.02. The van der Waals surface area contributed by atoms with E-state index in [0.717, 1.165) is 6.66 Å². The first-order chi connectivity index (χ1) is 8.10. The highest BCUT2D eigenvalue weighted by Crippen LogP contribution is 2.56. The van der Waals surface area contributed by atoms with Gasteiger partial charge >= 0.3 is 15.4 Å². The number of rotatable bonds is 4. The number of phosphoric acid groups is 1. The molecule has 18 heavy (non-hydrogen) atoms. The van der Waals surface area contributed by atoms with Crippen LogP contribution in [0.3, 0.4) is 0 Å². The Morgan fingerprint density at radius 1 is 1.22 bits per heavy atom. The van der Waals surface area contributed by atoms with E-state index in [9.17, 15) is 9.13 Å². The van der Waals surface area contributed by atoms with Crippen LogP contribution in [0.5, 0.6) is 0 Å². The zero-order valence-electron chi connectivity index (χ0n) is 9.76. The van der Waals surface area contributed by atoms with Crippen LogP contribution in [-0.4, -0.2) is 45.8 Å². The van der Waals surface area contributed by atoms with Gasteiger partial charge in [0.15, 0.2) is 0 Å². The number of hydrogen-bond donors (Lipinski definition) is 3. The van der Waals surface area contributed by atoms with Crippen LogP contribution in [0.4, 0.5) is 0 Å². The molecule has 4 atom stereocenters. The molecule has 1 saturated heterocycles. The molecule has 8 nitrogen and oxygen atoms in total. The van der Waals surface area contributed by atoms with E-state index in [1.165, 1.54) is 0 Å². The molecule has 0 aromatic carbocycles. The van der Waals surface area contributed by atoms with Gasteiger partial charge in [0.2, 0.25) is 0 Å². The second-order valence-corrected chi connectivity index (χ2v) is 7.73. The van der Waals surface area contributed by atoms with E-state index in [2.05, 4.69) is 4.52 Å². The standard InChI is InChI=1S/C8H16O8P2/c1-17(9,10)15-6-2-3-14-8(4-6)5-7(8)16-18(11,12)13/h6-7H,2-5H2,1H3,(H,9,10)(H2,11,12,13)/t6?,7-,8?/m0/s1. The van der Waals surface area contributed by atoms with Gasteiger partial charge in [-0.25, -0.2) is 4.57 Å². The van der Waals surface area contributed by atoms with Crippen LogP contribution in [0.2, 0.25) is 0 Å². The van der Waals surface area contributed by atoms with Gasteiger partial charge in [-0.1, -0.05) is 0 Å². The van der Waals surface area contributed by atoms with Crippen molar-refractivity contribution in [3.63, 3.8) is 0 Å². The summed E-state index contributed by atoms with van der Waals surface area (Å²) in [6.07, 6.45) is 0.000551. The lowest BCUT2D eigenvalue weighted by Crippen LogP contribution is -2.34. The highest BCUT2D eigenvalue weighted by atomic mass is 31.2. The normalized spacial score (nSPS) is 39.6. The lowest BCUT2D eigenvalue weighted by atomic mass is 10.0. The summed E-state index contributed by atoms with van der Waals surface area (Å²) in [7, 11) is -8.11. The van der Waals surface area contributed by atoms with Gasteiger partial charge in [-0.3, -0.25) is 9.09 Å². The SMILES string of the molecule is CP(=O)(O)OC1CCOC2(C1)C[C@@H]2OP(=O)(O)O. The van der Waals surface area contributed by atoms with E-state index < -0.39 is 33.2 Å². The number of phosphoric ester groups is 1. The van der Waals surface area contributed by atoms with Crippen LogP contribution in [0, 0.1) is 0 Å². The summed E-state index contributed by atoms with van der Waals surface area (Å²) in [4.78, 5) is 26.6. The topological polar surface area (TPSA) is 123 Å². The molecule has 1 aliphatic carbocycles. The molecule has 3 unspecified atom stereocenters. The molecular formula is C8H16O8P2. The van der Waals surface area contributed by atoms with Crippen molar-refractivity contribution in [1.29, 1.82) is 0 Å². The maximum absolute atomic E-state index is 11.2. The molecule has 0 radical (unpaired) electrons. The fourth-order valence-corrected chi connectivity index (χ4v) is 3.56. The minimum absolute atomic E-state index is 0.302. The Kier molecular flexibility index (Phi) is 3.78. The number of ether oxygens (including phenoxy) is 1. The monoisotopic (exact) mass is 302 g/mol. The van der Waals surface area contributed by atoms with Crippen molar-refractivity contribution in [2.75, 3.05) is 13.3 Å². The average molecular weight is 302 g/mol. The van der Waals surface area contributed by atoms with Crippen LogP contribution in [0.25, 0.3) is 0 Å². The molecule has 0 aromatic heterocycles. The quantitative estimate of drug-likeness (QED) is 0.646. The maximum Gasteiger partial charge on any atom is 0.469 e. The summed E-state index contributed by atoms with van der Waals surface area (Å²) in [5.74, 6) is 0. The second-order valence-electron chi connectivity index (χ2n) is 4.73. The molecule has 2 rings (SSSR count). The Hall–Kier alpha value is 0.220. The third-order valence-corrected chi connectivity index (χ3v) is 4.19. The van der Waals surface area contributed by atoms with Gasteiger partial charge in [-0.2, -0.15) is 0 Å². The molecule has 0 bridgehead atoms. The molecule has 3 N–H and O–H groups in total. The minimum Gasteiger partial charge on any atom is -0.372 e. The van der Waals surface area contributed by atoms with Crippen molar-refractivity contribution in [2.45, 2.75) is 37.1 Å². The van der Waals surface area contributed by atoms with Gasteiger partial charge in [0.1, 0.15) is 11.7 Å². The fourth-order valence-electron chi connectivity index (χ4n) is 2.23. The van der Waals surface area contributed by atoms with Gasteiger partial charge in [0.25, 0.3) is 0 Å². The van der Waals surface area contributed by atoms with Crippen LogP contribution in [-0.2, 0) is 22.9 Å². The van der Waals surface area contributed by atoms with E-state index in [-0.39, 0.29) is 0 Å². The molecule has 1 heterocycles. The predicted octanol–water partition coefficient (Wildman–Crippen LogP) is 0.618. The van der Waals surface area contributed by atoms with E-state index in [1.54, 1.807) is 0 Å². The van der Waals surface area contributed by atoms with E-state index >= 15 is 0 Å². The van der Waals surface area contributed by atoms with Crippen molar-refractivity contribution in [1.82, 2.24) is 0 Å². The van der Waals surface area contributed by atoms with Crippen LogP contribution < -0.4 is 0 Å². The molecule has 2 aliphatic rings. The van der Waals surface area contributed by atoms with Gasteiger partial charge in [-0.15, -0.1) is 0 Å². The Labute approximate surface area is 104 Å². The smallest absolute Gasteiger partial charge is 0.372 e. The number of hydrogen-bond acceptors (Lipinski definition) is 5. The van der Waals surface area contributed by atoms with Crippen LogP contribution in [0.15, 0.2) is 0 Å². The molecule has 0 amide bonds. The van der Waals surface area contributed by atoms with E-state index in [4.69, 9.17) is 23.9 Å². The second kappa shape index (κ2) is 4.65. The van der Waals surface area contributed by atoms with Crippen LogP contribution in [0.1, 0.15) is 19.3 Å². The summed E-state index contributed by atoms with van der Waals surface area (Å²) in [5, 5.41) is 0. The summed E-state index contributed by atoms with van der Waals surface area (Å²) in [5.41, 5.74) is -0.779. The zero-order valence-corrected chi connectivity index (χ0v) is 11.5. The summed E-state index contributed by atoms with van der Waals surface area (Å²) in [6, 6.07) is 0. The van der Waals surface area contributed by atoms with Crippen LogP contribution >= 0.6 is 15.4 Å². The van der Waals surface area contributed by atoms with Crippen molar-refractivity contribution >= 4 is 15.4 Å². The summed E-state index contributed by atoms with van der Waals surface area (Å²) in [6.45, 7) is 1.41. The highest BCUT2D eigenvalue weighted by Gasteiger charge is 2.61. The molecule has 0 aromatic rings. The maximum atomic E-state index is 11.2. The van der Waals surface area contributed by atoms with Gasteiger partial charge in [0, 0.05) is 26.1 Å². The van der Waals surface area contributed by atoms with E-state index in [1.807, 2.05) is 0 Å². The lowest BCUT2D eigenvalue weighted by molar-refractivity contribution is -0.0722. The van der Waals surface area contributed by atoms with Gasteiger partial charge in [-0.05, 0) is 6.42 Å². The third kappa shape index (κ3) is 3.85.